The summed E-state index contributed by atoms with van der Waals surface area (Å²) < 4.78 is 38.3. The molecule has 1 heterocycles. The zero-order chi connectivity index (χ0) is 16.2. The van der Waals surface area contributed by atoms with Gasteiger partial charge in [0.15, 0.2) is 0 Å². The van der Waals surface area contributed by atoms with Crippen LogP contribution in [0, 0.1) is 11.8 Å². The lowest BCUT2D eigenvalue weighted by molar-refractivity contribution is -0.187. The van der Waals surface area contributed by atoms with Crippen molar-refractivity contribution >= 4 is 12.0 Å². The standard InChI is InChI=1S/C13H19F3N2O3/c1-8(2)4-3-5-17-12(21)18-6-9(11(19)20)10(7-18)13(14,15)16/h4,9-10H,3,5-7H2,1-2H3,(H,17,21)(H,19,20)/t9-,10-/m1/s1. The lowest BCUT2D eigenvalue weighted by Crippen LogP contribution is -2.39. The minimum absolute atomic E-state index is 0.301. The van der Waals surface area contributed by atoms with Gasteiger partial charge in [-0.1, -0.05) is 11.6 Å². The van der Waals surface area contributed by atoms with Crippen LogP contribution in [0.4, 0.5) is 18.0 Å². The molecule has 0 aromatic rings. The maximum Gasteiger partial charge on any atom is 0.394 e. The van der Waals surface area contributed by atoms with Gasteiger partial charge in [0, 0.05) is 19.6 Å². The molecule has 0 aromatic carbocycles. The van der Waals surface area contributed by atoms with E-state index in [-0.39, 0.29) is 0 Å². The highest BCUT2D eigenvalue weighted by Crippen LogP contribution is 2.37. The molecule has 0 radical (unpaired) electrons. The Morgan fingerprint density at radius 2 is 1.95 bits per heavy atom. The Balaban J connectivity index is 2.59. The van der Waals surface area contributed by atoms with Crippen LogP contribution < -0.4 is 5.32 Å². The fourth-order valence-electron chi connectivity index (χ4n) is 2.20. The highest BCUT2D eigenvalue weighted by atomic mass is 19.4. The molecular weight excluding hydrogens is 289 g/mol. The largest absolute Gasteiger partial charge is 0.481 e. The summed E-state index contributed by atoms with van der Waals surface area (Å²) in [5.41, 5.74) is 1.08. The van der Waals surface area contributed by atoms with Crippen molar-refractivity contribution in [3.63, 3.8) is 0 Å². The van der Waals surface area contributed by atoms with Crippen molar-refractivity contribution in [2.75, 3.05) is 19.6 Å². The molecule has 1 aliphatic heterocycles. The fourth-order valence-corrected chi connectivity index (χ4v) is 2.20. The Morgan fingerprint density at radius 3 is 2.38 bits per heavy atom. The molecule has 21 heavy (non-hydrogen) atoms. The summed E-state index contributed by atoms with van der Waals surface area (Å²) in [5, 5.41) is 11.3. The second-order valence-corrected chi connectivity index (χ2v) is 5.30. The molecule has 1 rings (SSSR count). The summed E-state index contributed by atoms with van der Waals surface area (Å²) in [6.45, 7) is 3.05. The van der Waals surface area contributed by atoms with E-state index in [1.54, 1.807) is 0 Å². The number of carbonyl (C=O) groups is 2. The molecule has 0 unspecified atom stereocenters. The summed E-state index contributed by atoms with van der Waals surface area (Å²) >= 11 is 0. The number of nitrogens with one attached hydrogen (secondary N) is 1. The predicted molar refractivity (Wildman–Crippen MR) is 69.7 cm³/mol. The van der Waals surface area contributed by atoms with Crippen molar-refractivity contribution in [1.29, 1.82) is 0 Å². The molecule has 5 nitrogen and oxygen atoms in total. The maximum atomic E-state index is 12.8. The van der Waals surface area contributed by atoms with Gasteiger partial charge >= 0.3 is 18.2 Å². The number of carboxylic acids is 1. The first-order valence-corrected chi connectivity index (χ1v) is 6.58. The van der Waals surface area contributed by atoms with Crippen LogP contribution in [0.2, 0.25) is 0 Å². The third kappa shape index (κ3) is 4.95. The van der Waals surface area contributed by atoms with Crippen LogP contribution in [0.15, 0.2) is 11.6 Å². The van der Waals surface area contributed by atoms with Gasteiger partial charge in [0.25, 0.3) is 0 Å². The molecule has 2 N–H and O–H groups in total. The van der Waals surface area contributed by atoms with Crippen LogP contribution in [0.3, 0.4) is 0 Å². The highest BCUT2D eigenvalue weighted by Gasteiger charge is 2.53. The van der Waals surface area contributed by atoms with Gasteiger partial charge in [-0.05, 0) is 20.3 Å². The first kappa shape index (κ1) is 17.3. The number of hydrogen-bond donors (Lipinski definition) is 2. The number of carboxylic acid groups (broad SMARTS) is 1. The second kappa shape index (κ2) is 6.82. The van der Waals surface area contributed by atoms with Crippen LogP contribution >= 0.6 is 0 Å². The monoisotopic (exact) mass is 308 g/mol. The molecule has 0 spiro atoms. The number of carbonyl (C=O) groups excluding carboxylic acids is 1. The van der Waals surface area contributed by atoms with E-state index in [4.69, 9.17) is 5.11 Å². The van der Waals surface area contributed by atoms with Crippen LogP contribution in [-0.4, -0.2) is 47.8 Å². The van der Waals surface area contributed by atoms with Crippen molar-refractivity contribution in [3.8, 4) is 0 Å². The quantitative estimate of drug-likeness (QED) is 0.618. The SMILES string of the molecule is CC(C)=CCCNC(=O)N1C[C@@H](C(F)(F)F)[C@H](C(=O)O)C1. The molecule has 1 saturated heterocycles. The first-order chi connectivity index (χ1) is 9.62. The maximum absolute atomic E-state index is 12.8. The fraction of sp³-hybridized carbons (Fsp3) is 0.692. The number of rotatable bonds is 4. The molecule has 1 fully saturated rings. The van der Waals surface area contributed by atoms with E-state index in [1.807, 2.05) is 19.9 Å². The zero-order valence-corrected chi connectivity index (χ0v) is 11.9. The van der Waals surface area contributed by atoms with Crippen molar-refractivity contribution < 1.29 is 27.9 Å². The predicted octanol–water partition coefficient (Wildman–Crippen LogP) is 2.25. The number of amides is 2. The Hall–Kier alpha value is -1.73. The normalized spacial score (nSPS) is 22.0. The van der Waals surface area contributed by atoms with Gasteiger partial charge in [0.05, 0.1) is 11.8 Å². The van der Waals surface area contributed by atoms with Crippen LogP contribution in [0.25, 0.3) is 0 Å². The molecule has 0 bridgehead atoms. The molecule has 1 aliphatic rings. The average molecular weight is 308 g/mol. The Bertz CT molecular complexity index is 431. The number of likely N-dealkylation sites (tertiary alicyclic amines) is 1. The first-order valence-electron chi connectivity index (χ1n) is 6.58. The van der Waals surface area contributed by atoms with E-state index in [9.17, 15) is 22.8 Å². The van der Waals surface area contributed by atoms with Gasteiger partial charge in [0.1, 0.15) is 0 Å². The summed E-state index contributed by atoms with van der Waals surface area (Å²) in [6, 6.07) is -0.657. The Labute approximate surface area is 120 Å². The van der Waals surface area contributed by atoms with Crippen molar-refractivity contribution in [1.82, 2.24) is 10.2 Å². The van der Waals surface area contributed by atoms with Gasteiger partial charge in [-0.2, -0.15) is 13.2 Å². The molecule has 0 saturated carbocycles. The number of urea groups is 1. The molecular formula is C13H19F3N2O3. The number of nitrogens with zero attached hydrogens (tertiary/aromatic N) is 1. The molecule has 120 valence electrons. The lowest BCUT2D eigenvalue weighted by Gasteiger charge is -2.18. The van der Waals surface area contributed by atoms with Gasteiger partial charge in [-0.3, -0.25) is 4.79 Å². The summed E-state index contributed by atoms with van der Waals surface area (Å²) in [4.78, 5) is 23.6. The van der Waals surface area contributed by atoms with Gasteiger partial charge in [0.2, 0.25) is 0 Å². The third-order valence-electron chi connectivity index (χ3n) is 3.32. The number of aliphatic carboxylic acids is 1. The van der Waals surface area contributed by atoms with E-state index in [0.29, 0.717) is 13.0 Å². The van der Waals surface area contributed by atoms with Crippen molar-refractivity contribution in [2.24, 2.45) is 11.8 Å². The topological polar surface area (TPSA) is 69.6 Å². The molecule has 8 heteroatoms. The van der Waals surface area contributed by atoms with Gasteiger partial charge in [-0.15, -0.1) is 0 Å². The summed E-state index contributed by atoms with van der Waals surface area (Å²) in [6.07, 6.45) is -2.16. The number of hydrogen-bond acceptors (Lipinski definition) is 2. The second-order valence-electron chi connectivity index (χ2n) is 5.30. The summed E-state index contributed by atoms with van der Waals surface area (Å²) in [7, 11) is 0. The van der Waals surface area contributed by atoms with Crippen molar-refractivity contribution in [2.45, 2.75) is 26.4 Å². The van der Waals surface area contributed by atoms with Crippen molar-refractivity contribution in [3.05, 3.63) is 11.6 Å². The number of alkyl halides is 3. The van der Waals surface area contributed by atoms with Gasteiger partial charge < -0.3 is 15.3 Å². The Kier molecular flexibility index (Phi) is 5.62. The minimum Gasteiger partial charge on any atom is -0.481 e. The number of halogens is 3. The minimum atomic E-state index is -4.62. The molecule has 2 amide bonds. The number of allylic oxidation sites excluding steroid dienone is 1. The van der Waals surface area contributed by atoms with Gasteiger partial charge in [-0.25, -0.2) is 4.79 Å². The van der Waals surface area contributed by atoms with E-state index >= 15 is 0 Å². The molecule has 0 aliphatic carbocycles. The van der Waals surface area contributed by atoms with Crippen LogP contribution in [-0.2, 0) is 4.79 Å². The zero-order valence-electron chi connectivity index (χ0n) is 11.9. The third-order valence-corrected chi connectivity index (χ3v) is 3.32. The summed E-state index contributed by atoms with van der Waals surface area (Å²) in [5.74, 6) is -5.15. The van der Waals surface area contributed by atoms with E-state index < -0.39 is 43.1 Å². The van der Waals surface area contributed by atoms with Crippen LogP contribution in [0.5, 0.6) is 0 Å². The smallest absolute Gasteiger partial charge is 0.394 e. The molecule has 0 aromatic heterocycles. The average Bonchev–Trinajstić information content (AvgIpc) is 2.79. The van der Waals surface area contributed by atoms with E-state index in [2.05, 4.69) is 5.32 Å². The van der Waals surface area contributed by atoms with Crippen LogP contribution in [0.1, 0.15) is 20.3 Å². The van der Waals surface area contributed by atoms with E-state index in [1.165, 1.54) is 0 Å². The lowest BCUT2D eigenvalue weighted by atomic mass is 9.96. The van der Waals surface area contributed by atoms with E-state index in [0.717, 1.165) is 10.5 Å². The Morgan fingerprint density at radius 1 is 1.33 bits per heavy atom. The molecule has 2 atom stereocenters. The highest BCUT2D eigenvalue weighted by molar-refractivity contribution is 5.77.